The van der Waals surface area contributed by atoms with Gasteiger partial charge in [0.1, 0.15) is 5.82 Å². The molecule has 114 valence electrons. The molecule has 1 atom stereocenters. The van der Waals surface area contributed by atoms with Crippen molar-refractivity contribution in [2.75, 3.05) is 37.8 Å². The topological polar surface area (TPSA) is 45.4 Å². The van der Waals surface area contributed by atoms with Gasteiger partial charge in [-0.1, -0.05) is 0 Å². The Kier molecular flexibility index (Phi) is 3.20. The number of nitrogens with two attached hydrogens (primary N) is 1. The van der Waals surface area contributed by atoms with Crippen LogP contribution in [0.5, 0.6) is 0 Å². The summed E-state index contributed by atoms with van der Waals surface area (Å²) in [7, 11) is 4.31. The highest BCUT2D eigenvalue weighted by atomic mass is 32.1. The molecule has 0 aliphatic carbocycles. The van der Waals surface area contributed by atoms with Crippen molar-refractivity contribution in [2.24, 2.45) is 0 Å². The van der Waals surface area contributed by atoms with E-state index in [0.29, 0.717) is 6.04 Å². The van der Waals surface area contributed by atoms with E-state index in [1.807, 2.05) is 12.1 Å². The summed E-state index contributed by atoms with van der Waals surface area (Å²) in [6.45, 7) is 2.10. The summed E-state index contributed by atoms with van der Waals surface area (Å²) < 4.78 is 1.31. The van der Waals surface area contributed by atoms with Gasteiger partial charge in [-0.25, -0.2) is 4.98 Å². The lowest BCUT2D eigenvalue weighted by molar-refractivity contribution is 0.315. The number of anilines is 2. The highest BCUT2D eigenvalue weighted by Gasteiger charge is 2.26. The molecule has 5 heteroatoms. The van der Waals surface area contributed by atoms with E-state index in [9.17, 15) is 0 Å². The van der Waals surface area contributed by atoms with Gasteiger partial charge in [0, 0.05) is 40.3 Å². The molecule has 0 saturated carbocycles. The van der Waals surface area contributed by atoms with E-state index in [-0.39, 0.29) is 0 Å². The maximum absolute atomic E-state index is 5.95. The number of aromatic nitrogens is 1. The highest BCUT2D eigenvalue weighted by Crippen LogP contribution is 2.37. The normalized spacial score (nSPS) is 18.9. The van der Waals surface area contributed by atoms with Gasteiger partial charge in [0.25, 0.3) is 0 Å². The predicted octanol–water partition coefficient (Wildman–Crippen LogP) is 3.17. The third-order valence-corrected chi connectivity index (χ3v) is 5.54. The number of nitrogen functional groups attached to an aromatic ring is 1. The van der Waals surface area contributed by atoms with Crippen LogP contribution >= 0.6 is 11.3 Å². The van der Waals surface area contributed by atoms with Crippen molar-refractivity contribution < 1.29 is 0 Å². The third kappa shape index (κ3) is 2.12. The Morgan fingerprint density at radius 1 is 1.27 bits per heavy atom. The zero-order valence-corrected chi connectivity index (χ0v) is 13.7. The Morgan fingerprint density at radius 2 is 2.14 bits per heavy atom. The molecule has 1 aromatic carbocycles. The van der Waals surface area contributed by atoms with Crippen LogP contribution in [0, 0.1) is 0 Å². The van der Waals surface area contributed by atoms with E-state index < -0.39 is 0 Å². The van der Waals surface area contributed by atoms with Gasteiger partial charge in [-0.05, 0) is 50.2 Å². The van der Waals surface area contributed by atoms with Gasteiger partial charge in [0.15, 0.2) is 0 Å². The Balaban J connectivity index is 1.87. The first-order chi connectivity index (χ1) is 10.6. The Bertz CT molecular complexity index is 839. The lowest BCUT2D eigenvalue weighted by Gasteiger charge is -2.22. The molecule has 1 saturated heterocycles. The Hall–Kier alpha value is -1.85. The molecule has 0 bridgehead atoms. The van der Waals surface area contributed by atoms with Gasteiger partial charge in [0.05, 0.1) is 5.52 Å². The summed E-state index contributed by atoms with van der Waals surface area (Å²) in [4.78, 5) is 9.67. The average molecular weight is 312 g/mol. The minimum atomic E-state index is 0.604. The fraction of sp³-hybridized carbons (Fsp3) is 0.353. The van der Waals surface area contributed by atoms with Crippen molar-refractivity contribution in [2.45, 2.75) is 12.5 Å². The predicted molar refractivity (Wildman–Crippen MR) is 95.8 cm³/mol. The van der Waals surface area contributed by atoms with Crippen LogP contribution < -0.4 is 10.6 Å². The second-order valence-electron chi connectivity index (χ2n) is 6.23. The smallest absolute Gasteiger partial charge is 0.138 e. The van der Waals surface area contributed by atoms with E-state index >= 15 is 0 Å². The maximum atomic E-state index is 5.95. The van der Waals surface area contributed by atoms with E-state index in [4.69, 9.17) is 10.7 Å². The van der Waals surface area contributed by atoms with E-state index in [1.165, 1.54) is 21.9 Å². The first kappa shape index (κ1) is 13.8. The fourth-order valence-electron chi connectivity index (χ4n) is 3.30. The number of hydrogen-bond acceptors (Lipinski definition) is 5. The van der Waals surface area contributed by atoms with Crippen molar-refractivity contribution in [3.8, 4) is 0 Å². The standard InChI is InChI=1S/C17H20N4S/c1-20(2)12-5-7-21(10-12)17-14-6-8-22-16(14)13-4-3-11(18)9-15(13)19-17/h3-4,6,8-9,12H,5,7,10,18H2,1-2H3. The van der Waals surface area contributed by atoms with Crippen molar-refractivity contribution in [3.05, 3.63) is 29.6 Å². The molecule has 3 aromatic rings. The largest absolute Gasteiger partial charge is 0.399 e. The molecule has 0 radical (unpaired) electrons. The molecule has 1 unspecified atom stereocenters. The number of rotatable bonds is 2. The summed E-state index contributed by atoms with van der Waals surface area (Å²) in [6, 6.07) is 8.83. The quantitative estimate of drug-likeness (QED) is 0.738. The molecule has 2 aromatic heterocycles. The minimum Gasteiger partial charge on any atom is -0.399 e. The van der Waals surface area contributed by atoms with E-state index in [1.54, 1.807) is 11.3 Å². The van der Waals surface area contributed by atoms with E-state index in [2.05, 4.69) is 41.4 Å². The Morgan fingerprint density at radius 3 is 2.91 bits per heavy atom. The van der Waals surface area contributed by atoms with Gasteiger partial charge in [-0.15, -0.1) is 11.3 Å². The van der Waals surface area contributed by atoms with Gasteiger partial charge in [-0.3, -0.25) is 0 Å². The molecule has 4 nitrogen and oxygen atoms in total. The number of pyridine rings is 1. The number of nitrogens with zero attached hydrogens (tertiary/aromatic N) is 3. The second-order valence-corrected chi connectivity index (χ2v) is 7.14. The minimum absolute atomic E-state index is 0.604. The van der Waals surface area contributed by atoms with Crippen LogP contribution in [0.25, 0.3) is 21.0 Å². The van der Waals surface area contributed by atoms with Crippen LogP contribution in [-0.4, -0.2) is 43.1 Å². The molecule has 4 rings (SSSR count). The van der Waals surface area contributed by atoms with Crippen LogP contribution in [0.15, 0.2) is 29.6 Å². The van der Waals surface area contributed by atoms with Crippen LogP contribution in [0.4, 0.5) is 11.5 Å². The van der Waals surface area contributed by atoms with E-state index in [0.717, 1.165) is 30.1 Å². The number of likely N-dealkylation sites (N-methyl/N-ethyl adjacent to an activating group) is 1. The van der Waals surface area contributed by atoms with Gasteiger partial charge >= 0.3 is 0 Å². The molecule has 0 amide bonds. The van der Waals surface area contributed by atoms with Crippen molar-refractivity contribution in [3.63, 3.8) is 0 Å². The van der Waals surface area contributed by atoms with Crippen LogP contribution in [0.3, 0.4) is 0 Å². The van der Waals surface area contributed by atoms with Gasteiger partial charge < -0.3 is 15.5 Å². The lowest BCUT2D eigenvalue weighted by atomic mass is 10.1. The summed E-state index contributed by atoms with van der Waals surface area (Å²) in [6.07, 6.45) is 1.19. The van der Waals surface area contributed by atoms with Crippen molar-refractivity contribution in [1.29, 1.82) is 0 Å². The molecular weight excluding hydrogens is 292 g/mol. The number of thiophene rings is 1. The third-order valence-electron chi connectivity index (χ3n) is 4.59. The summed E-state index contributed by atoms with van der Waals surface area (Å²) in [5.74, 6) is 1.11. The molecular formula is C17H20N4S. The number of benzene rings is 1. The van der Waals surface area contributed by atoms with Crippen molar-refractivity contribution >= 4 is 43.8 Å². The average Bonchev–Trinajstić information content (AvgIpc) is 3.15. The zero-order chi connectivity index (χ0) is 15.3. The Labute approximate surface area is 134 Å². The molecule has 2 N–H and O–H groups in total. The van der Waals surface area contributed by atoms with Crippen LogP contribution in [0.1, 0.15) is 6.42 Å². The first-order valence-corrected chi connectivity index (χ1v) is 8.49. The molecule has 1 aliphatic heterocycles. The van der Waals surface area contributed by atoms with Gasteiger partial charge in [0.2, 0.25) is 0 Å². The monoisotopic (exact) mass is 312 g/mol. The van der Waals surface area contributed by atoms with Crippen LogP contribution in [0.2, 0.25) is 0 Å². The van der Waals surface area contributed by atoms with Gasteiger partial charge in [-0.2, -0.15) is 0 Å². The molecule has 1 aliphatic rings. The molecule has 3 heterocycles. The first-order valence-electron chi connectivity index (χ1n) is 7.61. The zero-order valence-electron chi connectivity index (χ0n) is 12.9. The maximum Gasteiger partial charge on any atom is 0.138 e. The second kappa shape index (κ2) is 5.11. The lowest BCUT2D eigenvalue weighted by Crippen LogP contribution is -2.31. The summed E-state index contributed by atoms with van der Waals surface area (Å²) in [5.41, 5.74) is 7.72. The summed E-state index contributed by atoms with van der Waals surface area (Å²) in [5, 5.41) is 4.62. The fourth-order valence-corrected chi connectivity index (χ4v) is 4.22. The number of fused-ring (bicyclic) bond motifs is 3. The molecule has 0 spiro atoms. The molecule has 1 fully saturated rings. The number of hydrogen-bond donors (Lipinski definition) is 1. The molecule has 22 heavy (non-hydrogen) atoms. The van der Waals surface area contributed by atoms with Crippen molar-refractivity contribution in [1.82, 2.24) is 9.88 Å². The van der Waals surface area contributed by atoms with Crippen LogP contribution in [-0.2, 0) is 0 Å². The SMILES string of the molecule is CN(C)C1CCN(c2nc3cc(N)ccc3c3sccc23)C1. The summed E-state index contributed by atoms with van der Waals surface area (Å²) >= 11 is 1.78. The highest BCUT2D eigenvalue weighted by molar-refractivity contribution is 7.18.